The molecule has 1 aliphatic rings. The average Bonchev–Trinajstić information content (AvgIpc) is 2.43. The number of piperidine rings is 1. The van der Waals surface area contributed by atoms with Gasteiger partial charge in [0.1, 0.15) is 0 Å². The van der Waals surface area contributed by atoms with E-state index in [1.54, 1.807) is 7.11 Å². The molecular weight excluding hydrogens is 242 g/mol. The van der Waals surface area contributed by atoms with E-state index >= 15 is 0 Å². The normalized spacial score (nSPS) is 20.4. The van der Waals surface area contributed by atoms with Crippen molar-refractivity contribution in [3.8, 4) is 0 Å². The third-order valence-corrected chi connectivity index (χ3v) is 3.67. The van der Waals surface area contributed by atoms with Gasteiger partial charge in [-0.25, -0.2) is 0 Å². The van der Waals surface area contributed by atoms with Crippen LogP contribution in [0.15, 0.2) is 0 Å². The first kappa shape index (κ1) is 16.4. The summed E-state index contributed by atoms with van der Waals surface area (Å²) in [5.74, 6) is 0.146. The van der Waals surface area contributed by atoms with Gasteiger partial charge in [-0.05, 0) is 45.8 Å². The van der Waals surface area contributed by atoms with Crippen LogP contribution in [-0.4, -0.2) is 63.8 Å². The Labute approximate surface area is 117 Å². The number of carbonyl (C=O) groups excluding carboxylic acids is 1. The molecule has 0 aliphatic carbocycles. The van der Waals surface area contributed by atoms with Gasteiger partial charge in [0.2, 0.25) is 5.91 Å². The van der Waals surface area contributed by atoms with Crippen LogP contribution in [0.1, 0.15) is 32.1 Å². The minimum absolute atomic E-state index is 0.146. The molecule has 1 rings (SSSR count). The maximum absolute atomic E-state index is 11.9. The lowest BCUT2D eigenvalue weighted by Crippen LogP contribution is -2.46. The fourth-order valence-electron chi connectivity index (χ4n) is 2.59. The van der Waals surface area contributed by atoms with Gasteiger partial charge in [0.05, 0.1) is 6.54 Å². The Morgan fingerprint density at radius 3 is 2.95 bits per heavy atom. The summed E-state index contributed by atoms with van der Waals surface area (Å²) in [5.41, 5.74) is 0. The van der Waals surface area contributed by atoms with Crippen molar-refractivity contribution < 1.29 is 9.53 Å². The molecule has 1 fully saturated rings. The van der Waals surface area contributed by atoms with Gasteiger partial charge in [0.15, 0.2) is 0 Å². The van der Waals surface area contributed by atoms with E-state index in [2.05, 4.69) is 15.5 Å². The lowest BCUT2D eigenvalue weighted by atomic mass is 9.99. The van der Waals surface area contributed by atoms with Crippen LogP contribution in [0.3, 0.4) is 0 Å². The monoisotopic (exact) mass is 271 g/mol. The molecule has 0 bridgehead atoms. The Bertz CT molecular complexity index is 249. The highest BCUT2D eigenvalue weighted by Crippen LogP contribution is 2.18. The Morgan fingerprint density at radius 1 is 1.37 bits per heavy atom. The molecule has 112 valence electrons. The first-order chi connectivity index (χ1) is 9.27. The molecule has 1 saturated heterocycles. The van der Waals surface area contributed by atoms with Crippen LogP contribution in [0.2, 0.25) is 0 Å². The number of methoxy groups -OCH3 is 1. The van der Waals surface area contributed by atoms with Crippen molar-refractivity contribution in [3.63, 3.8) is 0 Å². The summed E-state index contributed by atoms with van der Waals surface area (Å²) >= 11 is 0. The lowest BCUT2D eigenvalue weighted by molar-refractivity contribution is -0.123. The van der Waals surface area contributed by atoms with Crippen LogP contribution in [0.4, 0.5) is 0 Å². The van der Waals surface area contributed by atoms with Gasteiger partial charge < -0.3 is 15.4 Å². The SMILES string of the molecule is CNCCC1CCCCN1CC(=O)NCCCOC. The second-order valence-corrected chi connectivity index (χ2v) is 5.21. The fraction of sp³-hybridized carbons (Fsp3) is 0.929. The highest BCUT2D eigenvalue weighted by molar-refractivity contribution is 5.78. The van der Waals surface area contributed by atoms with E-state index in [0.717, 1.165) is 25.9 Å². The van der Waals surface area contributed by atoms with E-state index in [9.17, 15) is 4.79 Å². The van der Waals surface area contributed by atoms with Gasteiger partial charge >= 0.3 is 0 Å². The molecule has 1 aliphatic heterocycles. The van der Waals surface area contributed by atoms with E-state index in [0.29, 0.717) is 25.7 Å². The molecule has 1 atom stereocenters. The van der Waals surface area contributed by atoms with Gasteiger partial charge in [-0.1, -0.05) is 6.42 Å². The van der Waals surface area contributed by atoms with E-state index < -0.39 is 0 Å². The minimum atomic E-state index is 0.146. The van der Waals surface area contributed by atoms with Crippen LogP contribution in [0.25, 0.3) is 0 Å². The molecule has 0 radical (unpaired) electrons. The molecule has 0 saturated carbocycles. The van der Waals surface area contributed by atoms with E-state index in [1.165, 1.54) is 19.3 Å². The molecule has 0 aromatic carbocycles. The van der Waals surface area contributed by atoms with Crippen molar-refractivity contribution in [1.29, 1.82) is 0 Å². The Hall–Kier alpha value is -0.650. The van der Waals surface area contributed by atoms with Crippen molar-refractivity contribution >= 4 is 5.91 Å². The zero-order valence-corrected chi connectivity index (χ0v) is 12.4. The topological polar surface area (TPSA) is 53.6 Å². The highest BCUT2D eigenvalue weighted by Gasteiger charge is 2.23. The molecule has 1 heterocycles. The molecule has 5 heteroatoms. The second-order valence-electron chi connectivity index (χ2n) is 5.21. The van der Waals surface area contributed by atoms with E-state index in [1.807, 2.05) is 7.05 Å². The van der Waals surface area contributed by atoms with Gasteiger partial charge in [-0.2, -0.15) is 0 Å². The van der Waals surface area contributed by atoms with Crippen LogP contribution in [0, 0.1) is 0 Å². The summed E-state index contributed by atoms with van der Waals surface area (Å²) < 4.78 is 4.97. The van der Waals surface area contributed by atoms with Gasteiger partial charge in [-0.3, -0.25) is 9.69 Å². The molecule has 1 amide bonds. The third kappa shape index (κ3) is 6.89. The molecule has 1 unspecified atom stereocenters. The number of hydrogen-bond acceptors (Lipinski definition) is 4. The lowest BCUT2D eigenvalue weighted by Gasteiger charge is -2.35. The largest absolute Gasteiger partial charge is 0.385 e. The first-order valence-corrected chi connectivity index (χ1v) is 7.42. The molecule has 0 spiro atoms. The molecule has 0 aromatic heterocycles. The smallest absolute Gasteiger partial charge is 0.234 e. The first-order valence-electron chi connectivity index (χ1n) is 7.42. The molecule has 19 heavy (non-hydrogen) atoms. The van der Waals surface area contributed by atoms with Gasteiger partial charge in [0.25, 0.3) is 0 Å². The second kappa shape index (κ2) is 10.2. The highest BCUT2D eigenvalue weighted by atomic mass is 16.5. The van der Waals surface area contributed by atoms with Crippen molar-refractivity contribution in [2.45, 2.75) is 38.1 Å². The van der Waals surface area contributed by atoms with Crippen molar-refractivity contribution in [2.75, 3.05) is 46.9 Å². The van der Waals surface area contributed by atoms with E-state index in [4.69, 9.17) is 4.74 Å². The summed E-state index contributed by atoms with van der Waals surface area (Å²) in [5, 5.41) is 6.16. The Kier molecular flexibility index (Phi) is 8.79. The number of nitrogens with one attached hydrogen (secondary N) is 2. The van der Waals surface area contributed by atoms with Crippen LogP contribution >= 0.6 is 0 Å². The number of nitrogens with zero attached hydrogens (tertiary/aromatic N) is 1. The quantitative estimate of drug-likeness (QED) is 0.603. The minimum Gasteiger partial charge on any atom is -0.385 e. The predicted molar refractivity (Wildman–Crippen MR) is 77.3 cm³/mol. The van der Waals surface area contributed by atoms with Gasteiger partial charge in [0, 0.05) is 26.3 Å². The number of amides is 1. The van der Waals surface area contributed by atoms with E-state index in [-0.39, 0.29) is 5.91 Å². The summed E-state index contributed by atoms with van der Waals surface area (Å²) in [4.78, 5) is 14.2. The number of ether oxygens (including phenoxy) is 1. The third-order valence-electron chi connectivity index (χ3n) is 3.67. The Morgan fingerprint density at radius 2 is 2.21 bits per heavy atom. The zero-order valence-electron chi connectivity index (χ0n) is 12.4. The zero-order chi connectivity index (χ0) is 13.9. The fourth-order valence-corrected chi connectivity index (χ4v) is 2.59. The van der Waals surface area contributed by atoms with Crippen LogP contribution in [-0.2, 0) is 9.53 Å². The summed E-state index contributed by atoms with van der Waals surface area (Å²) in [6, 6.07) is 0.561. The van der Waals surface area contributed by atoms with Crippen molar-refractivity contribution in [3.05, 3.63) is 0 Å². The number of likely N-dealkylation sites (tertiary alicyclic amines) is 1. The van der Waals surface area contributed by atoms with Crippen molar-refractivity contribution in [1.82, 2.24) is 15.5 Å². The van der Waals surface area contributed by atoms with Crippen LogP contribution in [0.5, 0.6) is 0 Å². The number of rotatable bonds is 9. The maximum atomic E-state index is 11.9. The standard InChI is InChI=1S/C14H29N3O2/c1-15-9-7-13-6-3-4-10-17(13)12-14(18)16-8-5-11-19-2/h13,15H,3-12H2,1-2H3,(H,16,18). The molecule has 0 aromatic rings. The number of hydrogen-bond donors (Lipinski definition) is 2. The van der Waals surface area contributed by atoms with Gasteiger partial charge in [-0.15, -0.1) is 0 Å². The molecular formula is C14H29N3O2. The maximum Gasteiger partial charge on any atom is 0.234 e. The molecule has 5 nitrogen and oxygen atoms in total. The summed E-state index contributed by atoms with van der Waals surface area (Å²) in [7, 11) is 3.66. The summed E-state index contributed by atoms with van der Waals surface area (Å²) in [6.45, 7) is 4.04. The number of carbonyl (C=O) groups is 1. The van der Waals surface area contributed by atoms with Crippen LogP contribution < -0.4 is 10.6 Å². The average molecular weight is 271 g/mol. The van der Waals surface area contributed by atoms with Crippen molar-refractivity contribution in [2.24, 2.45) is 0 Å². The molecule has 2 N–H and O–H groups in total. The summed E-state index contributed by atoms with van der Waals surface area (Å²) in [6.07, 6.45) is 5.74. The predicted octanol–water partition coefficient (Wildman–Crippen LogP) is 0.603. The Balaban J connectivity index is 2.24.